The molecule has 138 valence electrons. The lowest BCUT2D eigenvalue weighted by Crippen LogP contribution is -2.44. The van der Waals surface area contributed by atoms with Crippen molar-refractivity contribution < 1.29 is 9.32 Å². The lowest BCUT2D eigenvalue weighted by molar-refractivity contribution is 0.0593. The number of pyridine rings is 1. The minimum absolute atomic E-state index is 0.113. The molecule has 26 heavy (non-hydrogen) atoms. The molecule has 0 radical (unpaired) electrons. The molecule has 2 saturated heterocycles. The third-order valence-corrected chi connectivity index (χ3v) is 5.84. The molecule has 2 aromatic rings. The van der Waals surface area contributed by atoms with Crippen LogP contribution in [0.25, 0.3) is 0 Å². The molecule has 0 aliphatic carbocycles. The summed E-state index contributed by atoms with van der Waals surface area (Å²) in [6.07, 6.45) is 4.76. The smallest absolute Gasteiger partial charge is 0.253 e. The molecule has 1 atom stereocenters. The summed E-state index contributed by atoms with van der Waals surface area (Å²) in [5.74, 6) is 1.51. The number of piperidine rings is 1. The molecule has 1 amide bonds. The van der Waals surface area contributed by atoms with Crippen LogP contribution >= 0.6 is 0 Å². The van der Waals surface area contributed by atoms with Gasteiger partial charge < -0.3 is 9.42 Å². The third-order valence-electron chi connectivity index (χ3n) is 5.84. The number of hydrogen-bond acceptors (Lipinski definition) is 6. The van der Waals surface area contributed by atoms with Gasteiger partial charge in [-0.05, 0) is 50.8 Å². The maximum absolute atomic E-state index is 12.8. The number of likely N-dealkylation sites (tertiary alicyclic amines) is 2. The molecule has 0 aromatic carbocycles. The second-order valence-corrected chi connectivity index (χ2v) is 7.78. The van der Waals surface area contributed by atoms with E-state index in [2.05, 4.69) is 27.1 Å². The second kappa shape index (κ2) is 6.46. The largest absolute Gasteiger partial charge is 0.340 e. The molecule has 2 aliphatic heterocycles. The molecule has 1 spiro atoms. The second-order valence-electron chi connectivity index (χ2n) is 7.78. The Labute approximate surface area is 153 Å². The van der Waals surface area contributed by atoms with Crippen molar-refractivity contribution in [2.45, 2.75) is 39.2 Å². The molecule has 4 rings (SSSR count). The Balaban J connectivity index is 1.42. The molecular weight excluding hydrogens is 330 g/mol. The van der Waals surface area contributed by atoms with Crippen molar-refractivity contribution in [1.29, 1.82) is 0 Å². The summed E-state index contributed by atoms with van der Waals surface area (Å²) in [7, 11) is 2.13. The van der Waals surface area contributed by atoms with E-state index >= 15 is 0 Å². The van der Waals surface area contributed by atoms with Crippen LogP contribution in [-0.4, -0.2) is 57.5 Å². The molecule has 0 saturated carbocycles. The third kappa shape index (κ3) is 3.11. The van der Waals surface area contributed by atoms with Crippen molar-refractivity contribution in [3.8, 4) is 0 Å². The maximum atomic E-state index is 12.8. The monoisotopic (exact) mass is 355 g/mol. The van der Waals surface area contributed by atoms with Crippen LogP contribution in [0.3, 0.4) is 0 Å². The van der Waals surface area contributed by atoms with Crippen molar-refractivity contribution in [3.05, 3.63) is 41.3 Å². The van der Waals surface area contributed by atoms with E-state index in [0.717, 1.165) is 56.0 Å². The van der Waals surface area contributed by atoms with Gasteiger partial charge in [0, 0.05) is 44.0 Å². The molecule has 2 fully saturated rings. The summed E-state index contributed by atoms with van der Waals surface area (Å²) in [6.45, 7) is 6.35. The molecule has 2 aliphatic rings. The lowest BCUT2D eigenvalue weighted by Gasteiger charge is -2.39. The van der Waals surface area contributed by atoms with E-state index in [9.17, 15) is 4.79 Å². The number of aromatic nitrogens is 3. The minimum Gasteiger partial charge on any atom is -0.340 e. The van der Waals surface area contributed by atoms with Gasteiger partial charge in [-0.1, -0.05) is 5.16 Å². The topological polar surface area (TPSA) is 75.4 Å². The van der Waals surface area contributed by atoms with Crippen LogP contribution in [0.5, 0.6) is 0 Å². The first-order chi connectivity index (χ1) is 12.5. The van der Waals surface area contributed by atoms with Gasteiger partial charge in [-0.3, -0.25) is 14.7 Å². The van der Waals surface area contributed by atoms with E-state index in [-0.39, 0.29) is 17.4 Å². The van der Waals surface area contributed by atoms with Crippen LogP contribution in [0.1, 0.15) is 53.1 Å². The zero-order valence-electron chi connectivity index (χ0n) is 15.6. The van der Waals surface area contributed by atoms with Crippen molar-refractivity contribution in [1.82, 2.24) is 24.9 Å². The van der Waals surface area contributed by atoms with Gasteiger partial charge in [-0.2, -0.15) is 4.98 Å². The van der Waals surface area contributed by atoms with E-state index in [1.54, 1.807) is 12.3 Å². The summed E-state index contributed by atoms with van der Waals surface area (Å²) in [6, 6.07) is 3.88. The van der Waals surface area contributed by atoms with Crippen LogP contribution in [0.4, 0.5) is 0 Å². The van der Waals surface area contributed by atoms with Gasteiger partial charge in [0.1, 0.15) is 0 Å². The van der Waals surface area contributed by atoms with Gasteiger partial charge >= 0.3 is 0 Å². The van der Waals surface area contributed by atoms with Gasteiger partial charge in [-0.25, -0.2) is 0 Å². The fourth-order valence-corrected chi connectivity index (χ4v) is 4.42. The van der Waals surface area contributed by atoms with E-state index in [1.165, 1.54) is 0 Å². The number of rotatable bonds is 2. The highest BCUT2D eigenvalue weighted by Crippen LogP contribution is 2.47. The Morgan fingerprint density at radius 3 is 2.73 bits per heavy atom. The highest BCUT2D eigenvalue weighted by atomic mass is 16.5. The van der Waals surface area contributed by atoms with Crippen molar-refractivity contribution in [2.75, 3.05) is 26.7 Å². The van der Waals surface area contributed by atoms with Crippen LogP contribution in [0.2, 0.25) is 0 Å². The first-order valence-electron chi connectivity index (χ1n) is 9.18. The number of aryl methyl sites for hydroxylation is 2. The maximum Gasteiger partial charge on any atom is 0.253 e. The first-order valence-corrected chi connectivity index (χ1v) is 9.18. The van der Waals surface area contributed by atoms with E-state index in [0.29, 0.717) is 5.89 Å². The number of carbonyl (C=O) groups excluding carboxylic acids is 1. The van der Waals surface area contributed by atoms with E-state index < -0.39 is 0 Å². The lowest BCUT2D eigenvalue weighted by atomic mass is 9.76. The Morgan fingerprint density at radius 2 is 2.08 bits per heavy atom. The molecule has 4 heterocycles. The molecule has 0 N–H and O–H groups in total. The fraction of sp³-hybridized carbons (Fsp3) is 0.579. The van der Waals surface area contributed by atoms with Crippen molar-refractivity contribution in [2.24, 2.45) is 5.41 Å². The Hall–Kier alpha value is -2.28. The summed E-state index contributed by atoms with van der Waals surface area (Å²) in [4.78, 5) is 25.7. The summed E-state index contributed by atoms with van der Waals surface area (Å²) >= 11 is 0. The average Bonchev–Trinajstić information content (AvgIpc) is 3.18. The normalized spacial score (nSPS) is 22.9. The van der Waals surface area contributed by atoms with Crippen LogP contribution in [0.15, 0.2) is 22.9 Å². The zero-order valence-corrected chi connectivity index (χ0v) is 15.6. The Kier molecular flexibility index (Phi) is 4.26. The Bertz CT molecular complexity index is 810. The molecular formula is C19H25N5O2. The standard InChI is InChI=1S/C19H25N5O2/c1-13-10-15(4-7-20-13)18(25)24-8-5-19(6-9-24)11-16(23(3)12-19)17-21-14(2)26-22-17/h4,7,10,16H,5-6,8-9,11-12H2,1-3H3. The number of carbonyl (C=O) groups is 1. The van der Waals surface area contributed by atoms with Gasteiger partial charge in [-0.15, -0.1) is 0 Å². The summed E-state index contributed by atoms with van der Waals surface area (Å²) in [5, 5.41) is 4.12. The number of hydrogen-bond donors (Lipinski definition) is 0. The van der Waals surface area contributed by atoms with Crippen LogP contribution in [0, 0.1) is 19.3 Å². The fourth-order valence-electron chi connectivity index (χ4n) is 4.42. The van der Waals surface area contributed by atoms with E-state index in [4.69, 9.17) is 4.52 Å². The first kappa shape index (κ1) is 17.1. The van der Waals surface area contributed by atoms with Crippen LogP contribution in [-0.2, 0) is 0 Å². The SMILES string of the molecule is Cc1cc(C(=O)N2CCC3(CC2)CC(c2noc(C)n2)N(C)C3)ccn1. The Morgan fingerprint density at radius 1 is 1.31 bits per heavy atom. The minimum atomic E-state index is 0.113. The molecule has 7 nitrogen and oxygen atoms in total. The van der Waals surface area contributed by atoms with Gasteiger partial charge in [0.15, 0.2) is 5.82 Å². The predicted molar refractivity (Wildman–Crippen MR) is 95.6 cm³/mol. The van der Waals surface area contributed by atoms with Crippen LogP contribution < -0.4 is 0 Å². The summed E-state index contributed by atoms with van der Waals surface area (Å²) in [5.41, 5.74) is 1.84. The van der Waals surface area contributed by atoms with Gasteiger partial charge in [0.05, 0.1) is 6.04 Å². The quantitative estimate of drug-likeness (QED) is 0.823. The highest BCUT2D eigenvalue weighted by molar-refractivity contribution is 5.94. The average molecular weight is 355 g/mol. The highest BCUT2D eigenvalue weighted by Gasteiger charge is 2.46. The molecule has 1 unspecified atom stereocenters. The summed E-state index contributed by atoms with van der Waals surface area (Å²) < 4.78 is 5.16. The molecule has 7 heteroatoms. The van der Waals surface area contributed by atoms with Gasteiger partial charge in [0.2, 0.25) is 5.89 Å². The number of nitrogens with zero attached hydrogens (tertiary/aromatic N) is 5. The van der Waals surface area contributed by atoms with E-state index in [1.807, 2.05) is 24.8 Å². The van der Waals surface area contributed by atoms with Crippen molar-refractivity contribution >= 4 is 5.91 Å². The predicted octanol–water partition coefficient (Wildman–Crippen LogP) is 2.38. The zero-order chi connectivity index (χ0) is 18.3. The molecule has 2 aromatic heterocycles. The molecule has 0 bridgehead atoms. The van der Waals surface area contributed by atoms with Crippen molar-refractivity contribution in [3.63, 3.8) is 0 Å². The number of amides is 1. The van der Waals surface area contributed by atoms with Gasteiger partial charge in [0.25, 0.3) is 5.91 Å².